The molecular weight excluding hydrogens is 276 g/mol. The second-order valence-electron chi connectivity index (χ2n) is 5.94. The highest BCUT2D eigenvalue weighted by atomic mass is 16.1. The molecule has 3 aromatic rings. The van der Waals surface area contributed by atoms with Gasteiger partial charge in [0.05, 0.1) is 24.0 Å². The minimum atomic E-state index is 0.0646. The lowest BCUT2D eigenvalue weighted by Gasteiger charge is -2.13. The van der Waals surface area contributed by atoms with E-state index in [2.05, 4.69) is 40.7 Å². The van der Waals surface area contributed by atoms with Crippen molar-refractivity contribution in [1.82, 2.24) is 19.6 Å². The summed E-state index contributed by atoms with van der Waals surface area (Å²) in [6.07, 6.45) is 1.74. The molecule has 0 atom stereocenters. The number of nitrogens with zero attached hydrogens (tertiary/aromatic N) is 4. The molecule has 0 aliphatic carbocycles. The van der Waals surface area contributed by atoms with Crippen molar-refractivity contribution in [3.05, 3.63) is 47.4 Å². The van der Waals surface area contributed by atoms with Crippen molar-refractivity contribution >= 4 is 16.7 Å². The molecule has 22 heavy (non-hydrogen) atoms. The zero-order chi connectivity index (χ0) is 15.9. The predicted octanol–water partition coefficient (Wildman–Crippen LogP) is 3.14. The molecule has 114 valence electrons. The molecule has 2 heterocycles. The van der Waals surface area contributed by atoms with E-state index in [1.807, 2.05) is 12.1 Å². The van der Waals surface area contributed by atoms with Gasteiger partial charge in [-0.05, 0) is 17.5 Å². The Labute approximate surface area is 129 Å². The van der Waals surface area contributed by atoms with E-state index in [0.717, 1.165) is 16.6 Å². The lowest BCUT2D eigenvalue weighted by atomic mass is 10.0. The Bertz CT molecular complexity index is 842. The molecule has 0 radical (unpaired) electrons. The number of fused-ring (bicyclic) bond motifs is 1. The summed E-state index contributed by atoms with van der Waals surface area (Å²) in [4.78, 5) is 13.6. The molecule has 0 saturated carbocycles. The van der Waals surface area contributed by atoms with Gasteiger partial charge in [0.2, 0.25) is 0 Å². The number of carbonyl (C=O) groups is 1. The zero-order valence-corrected chi connectivity index (χ0v) is 13.4. The van der Waals surface area contributed by atoms with Crippen LogP contribution in [0.4, 0.5) is 0 Å². The zero-order valence-electron chi connectivity index (χ0n) is 13.4. The Morgan fingerprint density at radius 2 is 2.09 bits per heavy atom. The van der Waals surface area contributed by atoms with Crippen LogP contribution in [0.2, 0.25) is 0 Å². The van der Waals surface area contributed by atoms with Crippen molar-refractivity contribution in [2.45, 2.75) is 33.2 Å². The summed E-state index contributed by atoms with van der Waals surface area (Å²) in [5.41, 5.74) is 3.93. The van der Waals surface area contributed by atoms with E-state index < -0.39 is 0 Å². The van der Waals surface area contributed by atoms with Crippen LogP contribution in [0.1, 0.15) is 48.4 Å². The number of carbonyl (C=O) groups excluding carboxylic acids is 1. The molecule has 0 saturated heterocycles. The summed E-state index contributed by atoms with van der Waals surface area (Å²) in [6, 6.07) is 8.21. The molecule has 0 spiro atoms. The van der Waals surface area contributed by atoms with Gasteiger partial charge in [-0.3, -0.25) is 4.79 Å². The van der Waals surface area contributed by atoms with Crippen molar-refractivity contribution in [3.63, 3.8) is 0 Å². The highest BCUT2D eigenvalue weighted by molar-refractivity contribution is 5.99. The van der Waals surface area contributed by atoms with Gasteiger partial charge in [0.25, 0.3) is 0 Å². The van der Waals surface area contributed by atoms with Crippen molar-refractivity contribution < 1.29 is 4.79 Å². The molecular formula is C17H20N4O. The quantitative estimate of drug-likeness (QED) is 0.695. The molecule has 0 fully saturated rings. The summed E-state index contributed by atoms with van der Waals surface area (Å²) < 4.78 is 2.07. The van der Waals surface area contributed by atoms with Crippen LogP contribution in [0.15, 0.2) is 30.5 Å². The third-order valence-corrected chi connectivity index (χ3v) is 3.90. The monoisotopic (exact) mass is 296 g/mol. The molecule has 0 N–H and O–H groups in total. The van der Waals surface area contributed by atoms with Crippen LogP contribution in [-0.2, 0) is 13.6 Å². The van der Waals surface area contributed by atoms with Crippen molar-refractivity contribution in [2.24, 2.45) is 7.05 Å². The summed E-state index contributed by atoms with van der Waals surface area (Å²) in [5.74, 6) is 0.453. The minimum Gasteiger partial charge on any atom is -0.332 e. The van der Waals surface area contributed by atoms with Crippen molar-refractivity contribution in [2.75, 3.05) is 0 Å². The third kappa shape index (κ3) is 2.43. The first-order valence-electron chi connectivity index (χ1n) is 7.45. The standard InChI is InChI=1S/C17H20N4O/c1-11(2)15-7-5-6-13-8-16(12(3)22)21(17(13)15)10-14-9-18-20(4)19-14/h5-9,11H,10H2,1-4H3. The Balaban J connectivity index is 2.24. The van der Waals surface area contributed by atoms with Crippen LogP contribution < -0.4 is 0 Å². The van der Waals surface area contributed by atoms with Gasteiger partial charge in [0.1, 0.15) is 5.69 Å². The Hall–Kier alpha value is -2.43. The van der Waals surface area contributed by atoms with Gasteiger partial charge in [0.15, 0.2) is 5.78 Å². The lowest BCUT2D eigenvalue weighted by molar-refractivity contribution is 0.101. The number of rotatable bonds is 4. The molecule has 0 aliphatic heterocycles. The summed E-state index contributed by atoms with van der Waals surface area (Å²) >= 11 is 0. The Kier molecular flexibility index (Phi) is 3.56. The van der Waals surface area contributed by atoms with Crippen LogP contribution >= 0.6 is 0 Å². The number of ketones is 1. The first-order valence-corrected chi connectivity index (χ1v) is 7.45. The maximum absolute atomic E-state index is 12.1. The number of para-hydroxylation sites is 1. The van der Waals surface area contributed by atoms with Gasteiger partial charge in [-0.25, -0.2) is 0 Å². The van der Waals surface area contributed by atoms with Crippen LogP contribution in [0.5, 0.6) is 0 Å². The van der Waals surface area contributed by atoms with Crippen LogP contribution in [0, 0.1) is 0 Å². The SMILES string of the molecule is CC(=O)c1cc2cccc(C(C)C)c2n1Cc1cnn(C)n1. The molecule has 2 aromatic heterocycles. The molecule has 1 aromatic carbocycles. The van der Waals surface area contributed by atoms with E-state index in [0.29, 0.717) is 18.2 Å². The topological polar surface area (TPSA) is 52.7 Å². The lowest BCUT2D eigenvalue weighted by Crippen LogP contribution is -2.09. The van der Waals surface area contributed by atoms with Crippen LogP contribution in [0.25, 0.3) is 10.9 Å². The molecule has 5 heteroatoms. The van der Waals surface area contributed by atoms with E-state index >= 15 is 0 Å². The second kappa shape index (κ2) is 5.40. The van der Waals surface area contributed by atoms with Crippen molar-refractivity contribution in [3.8, 4) is 0 Å². The van der Waals surface area contributed by atoms with E-state index in [1.165, 1.54) is 10.4 Å². The van der Waals surface area contributed by atoms with Gasteiger partial charge in [0, 0.05) is 19.4 Å². The maximum atomic E-state index is 12.1. The number of aryl methyl sites for hydroxylation is 1. The molecule has 3 rings (SSSR count). The van der Waals surface area contributed by atoms with E-state index in [4.69, 9.17) is 0 Å². The third-order valence-electron chi connectivity index (χ3n) is 3.90. The number of benzene rings is 1. The fraction of sp³-hybridized carbons (Fsp3) is 0.353. The molecule has 0 amide bonds. The fourth-order valence-electron chi connectivity index (χ4n) is 2.90. The van der Waals surface area contributed by atoms with Crippen molar-refractivity contribution in [1.29, 1.82) is 0 Å². The highest BCUT2D eigenvalue weighted by Crippen LogP contribution is 2.29. The fourth-order valence-corrected chi connectivity index (χ4v) is 2.90. The van der Waals surface area contributed by atoms with Crippen LogP contribution in [-0.4, -0.2) is 25.3 Å². The number of Topliss-reactive ketones (excluding diaryl/α,β-unsaturated/α-hetero) is 1. The first-order chi connectivity index (χ1) is 10.5. The second-order valence-corrected chi connectivity index (χ2v) is 5.94. The first kappa shape index (κ1) is 14.5. The van der Waals surface area contributed by atoms with Crippen LogP contribution in [0.3, 0.4) is 0 Å². The van der Waals surface area contributed by atoms with Gasteiger partial charge in [-0.2, -0.15) is 15.0 Å². The van der Waals surface area contributed by atoms with E-state index in [1.54, 1.807) is 20.2 Å². The maximum Gasteiger partial charge on any atom is 0.176 e. The molecule has 5 nitrogen and oxygen atoms in total. The summed E-state index contributed by atoms with van der Waals surface area (Å²) in [7, 11) is 1.79. The Morgan fingerprint density at radius 3 is 2.68 bits per heavy atom. The average molecular weight is 296 g/mol. The largest absolute Gasteiger partial charge is 0.332 e. The smallest absolute Gasteiger partial charge is 0.176 e. The summed E-state index contributed by atoms with van der Waals surface area (Å²) in [5, 5.41) is 9.55. The number of hydrogen-bond donors (Lipinski definition) is 0. The van der Waals surface area contributed by atoms with Gasteiger partial charge in [-0.15, -0.1) is 0 Å². The Morgan fingerprint density at radius 1 is 1.32 bits per heavy atom. The minimum absolute atomic E-state index is 0.0646. The van der Waals surface area contributed by atoms with Gasteiger partial charge < -0.3 is 4.57 Å². The molecule has 0 aliphatic rings. The predicted molar refractivity (Wildman–Crippen MR) is 86.1 cm³/mol. The average Bonchev–Trinajstić information content (AvgIpc) is 3.03. The van der Waals surface area contributed by atoms with E-state index in [9.17, 15) is 4.79 Å². The molecule has 0 unspecified atom stereocenters. The molecule has 0 bridgehead atoms. The van der Waals surface area contributed by atoms with E-state index in [-0.39, 0.29) is 5.78 Å². The normalized spacial score (nSPS) is 11.5. The summed E-state index contributed by atoms with van der Waals surface area (Å²) in [6.45, 7) is 6.50. The van der Waals surface area contributed by atoms with Gasteiger partial charge >= 0.3 is 0 Å². The highest BCUT2D eigenvalue weighted by Gasteiger charge is 2.17. The van der Waals surface area contributed by atoms with Gasteiger partial charge in [-0.1, -0.05) is 32.0 Å². The number of hydrogen-bond acceptors (Lipinski definition) is 3. The number of aromatic nitrogens is 4.